The van der Waals surface area contributed by atoms with Crippen LogP contribution in [0, 0.1) is 0 Å². The van der Waals surface area contributed by atoms with E-state index < -0.39 is 18.3 Å². The number of ketones is 1. The third kappa shape index (κ3) is 2.57. The van der Waals surface area contributed by atoms with Crippen LogP contribution in [-0.4, -0.2) is 44.3 Å². The summed E-state index contributed by atoms with van der Waals surface area (Å²) < 4.78 is 9.76. The monoisotopic (exact) mass is 352 g/mol. The Labute approximate surface area is 149 Å². The minimum Gasteiger partial charge on any atom is -0.453 e. The lowest BCUT2D eigenvalue weighted by Crippen LogP contribution is -2.34. The fourth-order valence-corrected chi connectivity index (χ4v) is 3.29. The van der Waals surface area contributed by atoms with Gasteiger partial charge < -0.3 is 14.8 Å². The molecule has 1 saturated heterocycles. The number of fused-ring (bicyclic) bond motifs is 3. The first kappa shape index (κ1) is 16.1. The second kappa shape index (κ2) is 6.18. The van der Waals surface area contributed by atoms with Crippen LogP contribution in [-0.2, 0) is 9.47 Å². The van der Waals surface area contributed by atoms with Gasteiger partial charge in [-0.2, -0.15) is 0 Å². The topological polar surface area (TPSA) is 84.9 Å². The molecule has 1 N–H and O–H groups in total. The average Bonchev–Trinajstić information content (AvgIpc) is 3.18. The van der Waals surface area contributed by atoms with Gasteiger partial charge in [0.15, 0.2) is 5.78 Å². The smallest absolute Gasteiger partial charge is 0.414 e. The van der Waals surface area contributed by atoms with E-state index in [1.165, 1.54) is 12.0 Å². The fourth-order valence-electron chi connectivity index (χ4n) is 3.29. The van der Waals surface area contributed by atoms with Crippen LogP contribution in [0.4, 0.5) is 15.3 Å². The molecule has 7 heteroatoms. The number of hydrogen-bond acceptors (Lipinski definition) is 5. The number of rotatable bonds is 3. The molecule has 2 aromatic carbocycles. The van der Waals surface area contributed by atoms with Gasteiger partial charge in [0, 0.05) is 16.8 Å². The Morgan fingerprint density at radius 3 is 2.65 bits per heavy atom. The molecule has 26 heavy (non-hydrogen) atoms. The molecule has 0 bridgehead atoms. The lowest BCUT2D eigenvalue weighted by atomic mass is 10.1. The Morgan fingerprint density at radius 2 is 1.88 bits per heavy atom. The molecule has 4 rings (SSSR count). The molecule has 1 atom stereocenters. The number of ether oxygens (including phenoxy) is 2. The summed E-state index contributed by atoms with van der Waals surface area (Å²) in [6.07, 6.45) is -1.58. The van der Waals surface area contributed by atoms with Crippen molar-refractivity contribution >= 4 is 23.7 Å². The van der Waals surface area contributed by atoms with Crippen molar-refractivity contribution in [3.05, 3.63) is 53.6 Å². The zero-order valence-electron chi connectivity index (χ0n) is 14.0. The maximum absolute atomic E-state index is 12.6. The third-order valence-corrected chi connectivity index (χ3v) is 4.55. The van der Waals surface area contributed by atoms with E-state index in [9.17, 15) is 14.4 Å². The van der Waals surface area contributed by atoms with Crippen LogP contribution in [0.2, 0.25) is 0 Å². The maximum Gasteiger partial charge on any atom is 0.414 e. The highest BCUT2D eigenvalue weighted by Crippen LogP contribution is 2.38. The van der Waals surface area contributed by atoms with Gasteiger partial charge in [-0.1, -0.05) is 30.3 Å². The fraction of sp³-hybridized carbons (Fsp3) is 0.211. The van der Waals surface area contributed by atoms with Crippen molar-refractivity contribution in [1.29, 1.82) is 0 Å². The normalized spacial score (nSPS) is 17.6. The first-order valence-corrected chi connectivity index (χ1v) is 8.16. The van der Waals surface area contributed by atoms with Crippen LogP contribution in [0.3, 0.4) is 0 Å². The number of alkyl carbamates (subject to hydrolysis) is 1. The number of benzene rings is 2. The quantitative estimate of drug-likeness (QED) is 0.783. The second-order valence-electron chi connectivity index (χ2n) is 6.09. The molecule has 1 aliphatic carbocycles. The minimum atomic E-state index is -0.583. The van der Waals surface area contributed by atoms with E-state index in [2.05, 4.69) is 10.1 Å². The number of cyclic esters (lactones) is 1. The summed E-state index contributed by atoms with van der Waals surface area (Å²) >= 11 is 0. The van der Waals surface area contributed by atoms with E-state index in [4.69, 9.17) is 4.74 Å². The van der Waals surface area contributed by atoms with Crippen molar-refractivity contribution in [2.75, 3.05) is 25.1 Å². The highest BCUT2D eigenvalue weighted by atomic mass is 16.6. The molecule has 132 valence electrons. The van der Waals surface area contributed by atoms with Crippen molar-refractivity contribution in [1.82, 2.24) is 5.32 Å². The Morgan fingerprint density at radius 1 is 1.15 bits per heavy atom. The number of carbonyl (C=O) groups is 3. The zero-order chi connectivity index (χ0) is 18.3. The van der Waals surface area contributed by atoms with E-state index in [-0.39, 0.29) is 18.9 Å². The van der Waals surface area contributed by atoms with Gasteiger partial charge in [-0.25, -0.2) is 9.59 Å². The van der Waals surface area contributed by atoms with E-state index in [1.807, 2.05) is 24.3 Å². The molecule has 1 heterocycles. The predicted molar refractivity (Wildman–Crippen MR) is 93.3 cm³/mol. The van der Waals surface area contributed by atoms with Gasteiger partial charge in [-0.3, -0.25) is 9.69 Å². The van der Waals surface area contributed by atoms with Gasteiger partial charge in [0.2, 0.25) is 0 Å². The highest BCUT2D eigenvalue weighted by Gasteiger charge is 2.34. The molecular formula is C19H16N2O5. The van der Waals surface area contributed by atoms with Crippen LogP contribution in [0.1, 0.15) is 15.9 Å². The minimum absolute atomic E-state index is 0.0473. The van der Waals surface area contributed by atoms with Crippen molar-refractivity contribution in [3.8, 4) is 11.1 Å². The van der Waals surface area contributed by atoms with Crippen molar-refractivity contribution in [2.24, 2.45) is 0 Å². The standard InChI is InChI=1S/C19H16N2O5/c1-25-18(23)20-9-12-10-21(19(24)26-12)11-6-7-14-13-4-2-3-5-15(13)17(22)16(14)8-11/h2-8,12H,9-10H2,1H3,(H,20,23)/t12-/m0/s1. The van der Waals surface area contributed by atoms with Crippen molar-refractivity contribution in [3.63, 3.8) is 0 Å². The lowest BCUT2D eigenvalue weighted by molar-refractivity contribution is 0.104. The molecule has 0 aromatic heterocycles. The van der Waals surface area contributed by atoms with Gasteiger partial charge in [0.25, 0.3) is 0 Å². The van der Waals surface area contributed by atoms with Crippen molar-refractivity contribution < 1.29 is 23.9 Å². The molecule has 2 aliphatic rings. The number of nitrogens with one attached hydrogen (secondary N) is 1. The molecule has 1 fully saturated rings. The molecule has 2 amide bonds. The number of amides is 2. The molecule has 0 radical (unpaired) electrons. The predicted octanol–water partition coefficient (Wildman–Crippen LogP) is 2.58. The van der Waals surface area contributed by atoms with Gasteiger partial charge in [-0.15, -0.1) is 0 Å². The largest absolute Gasteiger partial charge is 0.453 e. The molecule has 7 nitrogen and oxygen atoms in total. The average molecular weight is 352 g/mol. The zero-order valence-corrected chi connectivity index (χ0v) is 14.0. The van der Waals surface area contributed by atoms with Gasteiger partial charge in [0.1, 0.15) is 6.10 Å². The highest BCUT2D eigenvalue weighted by molar-refractivity contribution is 6.22. The summed E-state index contributed by atoms with van der Waals surface area (Å²) in [5.41, 5.74) is 3.61. The Hall–Kier alpha value is -3.35. The van der Waals surface area contributed by atoms with Crippen molar-refractivity contribution in [2.45, 2.75) is 6.10 Å². The number of nitrogens with zero attached hydrogens (tertiary/aromatic N) is 1. The van der Waals surface area contributed by atoms with E-state index >= 15 is 0 Å². The number of methoxy groups -OCH3 is 1. The molecular weight excluding hydrogens is 336 g/mol. The Bertz CT molecular complexity index is 924. The number of carbonyl (C=O) groups excluding carboxylic acids is 3. The van der Waals surface area contributed by atoms with E-state index in [0.29, 0.717) is 16.8 Å². The van der Waals surface area contributed by atoms with Crippen LogP contribution in [0.5, 0.6) is 0 Å². The van der Waals surface area contributed by atoms with Crippen LogP contribution < -0.4 is 10.2 Å². The van der Waals surface area contributed by atoms with E-state index in [0.717, 1.165) is 11.1 Å². The molecule has 0 saturated carbocycles. The SMILES string of the molecule is COC(=O)NC[C@H]1CN(c2ccc3c(c2)C(=O)c2ccccc2-3)C(=O)O1. The van der Waals surface area contributed by atoms with Crippen LogP contribution in [0.25, 0.3) is 11.1 Å². The number of anilines is 1. The molecule has 0 spiro atoms. The van der Waals surface area contributed by atoms with Crippen LogP contribution >= 0.6 is 0 Å². The lowest BCUT2D eigenvalue weighted by Gasteiger charge is -2.14. The summed E-state index contributed by atoms with van der Waals surface area (Å²) in [6, 6.07) is 12.8. The summed E-state index contributed by atoms with van der Waals surface area (Å²) in [4.78, 5) is 37.4. The summed E-state index contributed by atoms with van der Waals surface area (Å²) in [5, 5.41) is 2.51. The van der Waals surface area contributed by atoms with Gasteiger partial charge >= 0.3 is 12.2 Å². The summed E-state index contributed by atoms with van der Waals surface area (Å²) in [6.45, 7) is 0.437. The van der Waals surface area contributed by atoms with E-state index in [1.54, 1.807) is 18.2 Å². The number of hydrogen-bond donors (Lipinski definition) is 1. The van der Waals surface area contributed by atoms with Gasteiger partial charge in [-0.05, 0) is 23.3 Å². The maximum atomic E-state index is 12.6. The molecule has 2 aromatic rings. The molecule has 0 unspecified atom stereocenters. The first-order chi connectivity index (χ1) is 12.6. The van der Waals surface area contributed by atoms with Gasteiger partial charge in [0.05, 0.1) is 20.2 Å². The second-order valence-corrected chi connectivity index (χ2v) is 6.09. The van der Waals surface area contributed by atoms with Crippen LogP contribution in [0.15, 0.2) is 42.5 Å². The first-order valence-electron chi connectivity index (χ1n) is 8.16. The Kier molecular flexibility index (Phi) is 3.84. The molecule has 1 aliphatic heterocycles. The summed E-state index contributed by atoms with van der Waals surface area (Å²) in [5.74, 6) is -0.0473. The summed E-state index contributed by atoms with van der Waals surface area (Å²) in [7, 11) is 1.27. The Balaban J connectivity index is 1.56. The third-order valence-electron chi connectivity index (χ3n) is 4.55.